The smallest absolute Gasteiger partial charge is 0.325 e. The first-order valence-electron chi connectivity index (χ1n) is 12.2. The van der Waals surface area contributed by atoms with Crippen LogP contribution in [0, 0.1) is 11.3 Å². The van der Waals surface area contributed by atoms with Gasteiger partial charge in [0.1, 0.15) is 12.6 Å². The number of rotatable bonds is 7. The van der Waals surface area contributed by atoms with Gasteiger partial charge >= 0.3 is 6.03 Å². The van der Waals surface area contributed by atoms with E-state index in [1.54, 1.807) is 9.80 Å². The van der Waals surface area contributed by atoms with Gasteiger partial charge in [0.15, 0.2) is 0 Å². The number of urea groups is 1. The van der Waals surface area contributed by atoms with Crippen molar-refractivity contribution in [3.63, 3.8) is 0 Å². The molecule has 9 nitrogen and oxygen atoms in total. The highest BCUT2D eigenvalue weighted by Crippen LogP contribution is 2.49. The van der Waals surface area contributed by atoms with Crippen LogP contribution in [-0.2, 0) is 10.3 Å². The van der Waals surface area contributed by atoms with Crippen molar-refractivity contribution >= 4 is 17.6 Å². The van der Waals surface area contributed by atoms with Crippen molar-refractivity contribution in [1.29, 1.82) is 5.26 Å². The number of anilines is 1. The maximum Gasteiger partial charge on any atom is 0.325 e. The summed E-state index contributed by atoms with van der Waals surface area (Å²) < 4.78 is 0. The highest BCUT2D eigenvalue weighted by Gasteiger charge is 2.55. The predicted molar refractivity (Wildman–Crippen MR) is 133 cm³/mol. The molecule has 9 heteroatoms. The molecule has 1 aliphatic heterocycles. The largest absolute Gasteiger partial charge is 0.355 e. The van der Waals surface area contributed by atoms with E-state index < -0.39 is 5.54 Å². The van der Waals surface area contributed by atoms with Crippen LogP contribution in [0.4, 0.5) is 10.5 Å². The van der Waals surface area contributed by atoms with E-state index in [4.69, 9.17) is 5.26 Å². The van der Waals surface area contributed by atoms with E-state index >= 15 is 0 Å². The SMILES string of the molecule is CCCNC(=O)CN1C(=O)N(c2cnc(C#N)nc2)CC12CCC(c1ccccc1)(N(C)C)CC2. The van der Waals surface area contributed by atoms with Crippen LogP contribution >= 0.6 is 0 Å². The van der Waals surface area contributed by atoms with E-state index in [0.717, 1.165) is 32.1 Å². The Kier molecular flexibility index (Phi) is 7.03. The van der Waals surface area contributed by atoms with Gasteiger partial charge in [-0.05, 0) is 51.8 Å². The quantitative estimate of drug-likeness (QED) is 0.660. The Morgan fingerprint density at radius 2 is 1.80 bits per heavy atom. The minimum Gasteiger partial charge on any atom is -0.355 e. The average molecular weight is 476 g/mol. The zero-order chi connectivity index (χ0) is 25.1. The fraction of sp³-hybridized carbons (Fsp3) is 0.500. The Labute approximate surface area is 206 Å². The van der Waals surface area contributed by atoms with Gasteiger partial charge in [0.2, 0.25) is 11.7 Å². The van der Waals surface area contributed by atoms with Gasteiger partial charge in [-0.2, -0.15) is 5.26 Å². The molecule has 0 bridgehead atoms. The number of amides is 3. The van der Waals surface area contributed by atoms with Crippen molar-refractivity contribution in [3.05, 3.63) is 54.1 Å². The number of hydrogen-bond acceptors (Lipinski definition) is 6. The Balaban J connectivity index is 1.64. The van der Waals surface area contributed by atoms with E-state index in [1.165, 1.54) is 18.0 Å². The molecule has 1 N–H and O–H groups in total. The van der Waals surface area contributed by atoms with E-state index in [1.807, 2.05) is 19.1 Å². The molecule has 3 amide bonds. The minimum absolute atomic E-state index is 0.0206. The van der Waals surface area contributed by atoms with Crippen molar-refractivity contribution in [1.82, 2.24) is 25.1 Å². The molecule has 1 saturated carbocycles. The second-order valence-electron chi connectivity index (χ2n) is 9.70. The maximum absolute atomic E-state index is 13.6. The summed E-state index contributed by atoms with van der Waals surface area (Å²) in [5.41, 5.74) is 1.21. The van der Waals surface area contributed by atoms with E-state index in [9.17, 15) is 9.59 Å². The van der Waals surface area contributed by atoms with Gasteiger partial charge < -0.3 is 10.2 Å². The van der Waals surface area contributed by atoms with Crippen LogP contribution in [0.2, 0.25) is 0 Å². The lowest BCUT2D eigenvalue weighted by atomic mass is 9.68. The first kappa shape index (κ1) is 24.6. The number of benzene rings is 1. The zero-order valence-corrected chi connectivity index (χ0v) is 20.7. The Hall–Kier alpha value is -3.51. The van der Waals surface area contributed by atoms with Gasteiger partial charge in [0, 0.05) is 12.1 Å². The number of nitriles is 1. The van der Waals surface area contributed by atoms with E-state index in [2.05, 4.69) is 58.5 Å². The number of hydrogen-bond donors (Lipinski definition) is 1. The van der Waals surface area contributed by atoms with Gasteiger partial charge in [0.25, 0.3) is 0 Å². The van der Waals surface area contributed by atoms with Crippen LogP contribution in [0.3, 0.4) is 0 Å². The summed E-state index contributed by atoms with van der Waals surface area (Å²) in [5, 5.41) is 11.9. The van der Waals surface area contributed by atoms with Crippen molar-refractivity contribution < 1.29 is 9.59 Å². The summed E-state index contributed by atoms with van der Waals surface area (Å²) in [4.78, 5) is 40.2. The summed E-state index contributed by atoms with van der Waals surface area (Å²) in [6, 6.07) is 12.2. The zero-order valence-electron chi connectivity index (χ0n) is 20.7. The maximum atomic E-state index is 13.6. The van der Waals surface area contributed by atoms with Crippen LogP contribution in [0.5, 0.6) is 0 Å². The number of aromatic nitrogens is 2. The molecule has 2 heterocycles. The first-order chi connectivity index (χ1) is 16.8. The van der Waals surface area contributed by atoms with Gasteiger partial charge in [0.05, 0.1) is 30.2 Å². The van der Waals surface area contributed by atoms with E-state index in [-0.39, 0.29) is 29.8 Å². The Bertz CT molecular complexity index is 1090. The molecule has 0 atom stereocenters. The highest BCUT2D eigenvalue weighted by atomic mass is 16.2. The van der Waals surface area contributed by atoms with Crippen LogP contribution < -0.4 is 10.2 Å². The second kappa shape index (κ2) is 10.0. The molecule has 0 radical (unpaired) electrons. The standard InChI is InChI=1S/C26H33N7O2/c1-4-14-28-23(34)18-33-24(35)32(21-16-29-22(15-27)30-17-21)19-25(33)10-12-26(13-11-25,31(2)3)20-8-6-5-7-9-20/h5-9,16-17H,4,10-14,18-19H2,1-3H3,(H,28,34). The molecule has 2 aromatic rings. The van der Waals surface area contributed by atoms with Crippen LogP contribution in [0.1, 0.15) is 50.4 Å². The number of carbonyl (C=O) groups excluding carboxylic acids is 2. The summed E-state index contributed by atoms with van der Waals surface area (Å²) in [7, 11) is 4.22. The Morgan fingerprint density at radius 3 is 2.37 bits per heavy atom. The lowest BCUT2D eigenvalue weighted by Gasteiger charge is -2.50. The molecule has 1 spiro atoms. The van der Waals surface area contributed by atoms with Gasteiger partial charge in [-0.25, -0.2) is 14.8 Å². The topological polar surface area (TPSA) is 105 Å². The van der Waals surface area contributed by atoms with Crippen molar-refractivity contribution in [3.8, 4) is 6.07 Å². The number of carbonyl (C=O) groups is 2. The Morgan fingerprint density at radius 1 is 1.14 bits per heavy atom. The van der Waals surface area contributed by atoms with E-state index in [0.29, 0.717) is 18.8 Å². The lowest BCUT2D eigenvalue weighted by Crippen LogP contribution is -2.57. The molecule has 1 aromatic carbocycles. The molecule has 2 fully saturated rings. The summed E-state index contributed by atoms with van der Waals surface area (Å²) in [6.45, 7) is 3.06. The molecule has 1 aliphatic carbocycles. The first-order valence-corrected chi connectivity index (χ1v) is 12.2. The van der Waals surface area contributed by atoms with Gasteiger partial charge in [-0.1, -0.05) is 37.3 Å². The summed E-state index contributed by atoms with van der Waals surface area (Å²) in [5.74, 6) is -0.0905. The number of nitrogens with zero attached hydrogens (tertiary/aromatic N) is 6. The molecule has 4 rings (SSSR count). The normalized spacial score (nSPS) is 24.1. The fourth-order valence-corrected chi connectivity index (χ4v) is 5.51. The van der Waals surface area contributed by atoms with Crippen molar-refractivity contribution in [2.45, 2.75) is 50.1 Å². The molecule has 1 saturated heterocycles. The monoisotopic (exact) mass is 475 g/mol. The van der Waals surface area contributed by atoms with Crippen molar-refractivity contribution in [2.24, 2.45) is 0 Å². The van der Waals surface area contributed by atoms with Crippen molar-refractivity contribution in [2.75, 3.05) is 38.6 Å². The predicted octanol–water partition coefficient (Wildman–Crippen LogP) is 2.89. The average Bonchev–Trinajstić information content (AvgIpc) is 3.14. The third-order valence-electron chi connectivity index (χ3n) is 7.59. The molecule has 2 aliphatic rings. The molecule has 1 aromatic heterocycles. The minimum atomic E-state index is -0.469. The number of nitrogens with one attached hydrogen (secondary N) is 1. The van der Waals surface area contributed by atoms with Crippen LogP contribution in [0.15, 0.2) is 42.7 Å². The van der Waals surface area contributed by atoms with Gasteiger partial charge in [-0.15, -0.1) is 0 Å². The molecular formula is C26H33N7O2. The summed E-state index contributed by atoms with van der Waals surface area (Å²) >= 11 is 0. The fourth-order valence-electron chi connectivity index (χ4n) is 5.51. The molecule has 0 unspecified atom stereocenters. The third kappa shape index (κ3) is 4.58. The second-order valence-corrected chi connectivity index (χ2v) is 9.70. The molecule has 184 valence electrons. The molecular weight excluding hydrogens is 442 g/mol. The highest BCUT2D eigenvalue weighted by molar-refractivity contribution is 5.97. The van der Waals surface area contributed by atoms with Gasteiger partial charge in [-0.3, -0.25) is 14.6 Å². The lowest BCUT2D eigenvalue weighted by molar-refractivity contribution is -0.123. The summed E-state index contributed by atoms with van der Waals surface area (Å²) in [6.07, 6.45) is 7.11. The van der Waals surface area contributed by atoms with Crippen LogP contribution in [-0.4, -0.2) is 71.0 Å². The third-order valence-corrected chi connectivity index (χ3v) is 7.59. The van der Waals surface area contributed by atoms with Crippen LogP contribution in [0.25, 0.3) is 0 Å². The molecule has 35 heavy (non-hydrogen) atoms.